The highest BCUT2D eigenvalue weighted by Gasteiger charge is 2.18. The van der Waals surface area contributed by atoms with Gasteiger partial charge in [-0.3, -0.25) is 14.6 Å². The highest BCUT2D eigenvalue weighted by molar-refractivity contribution is 5.90. The second-order valence-electron chi connectivity index (χ2n) is 7.44. The molecule has 1 amide bonds. The van der Waals surface area contributed by atoms with Crippen LogP contribution in [0.25, 0.3) is 0 Å². The summed E-state index contributed by atoms with van der Waals surface area (Å²) in [6, 6.07) is 15.4. The first-order chi connectivity index (χ1) is 14.5. The minimum Gasteiger partial charge on any atom is -0.465 e. The Morgan fingerprint density at radius 1 is 1.00 bits per heavy atom. The average molecular weight is 409 g/mol. The number of carbonyl (C=O) groups excluding carboxylic acids is 2. The van der Waals surface area contributed by atoms with Crippen molar-refractivity contribution in [1.82, 2.24) is 15.2 Å². The summed E-state index contributed by atoms with van der Waals surface area (Å²) in [5.74, 6) is -0.518. The summed E-state index contributed by atoms with van der Waals surface area (Å²) in [7, 11) is 1.34. The number of aryl methyl sites for hydroxylation is 1. The molecule has 1 aliphatic rings. The van der Waals surface area contributed by atoms with Crippen molar-refractivity contribution in [3.63, 3.8) is 0 Å². The normalized spacial score (nSPS) is 15.3. The van der Waals surface area contributed by atoms with Crippen LogP contribution >= 0.6 is 0 Å². The molecule has 7 nitrogen and oxygen atoms in total. The van der Waals surface area contributed by atoms with Crippen LogP contribution in [0.3, 0.4) is 0 Å². The second-order valence-corrected chi connectivity index (χ2v) is 7.44. The summed E-state index contributed by atoms with van der Waals surface area (Å²) in [5, 5.41) is 4.00. The van der Waals surface area contributed by atoms with Gasteiger partial charge >= 0.3 is 5.97 Å². The van der Waals surface area contributed by atoms with E-state index in [0.717, 1.165) is 38.3 Å². The Hall–Kier alpha value is -3.03. The zero-order chi connectivity index (χ0) is 21.3. The number of esters is 1. The Morgan fingerprint density at radius 2 is 1.63 bits per heavy atom. The molecule has 0 bridgehead atoms. The Balaban J connectivity index is 1.38. The van der Waals surface area contributed by atoms with Gasteiger partial charge in [-0.15, -0.1) is 0 Å². The molecule has 3 rings (SSSR count). The van der Waals surface area contributed by atoms with Crippen LogP contribution < -0.4 is 5.43 Å². The van der Waals surface area contributed by atoms with Crippen LogP contribution in [0.1, 0.15) is 27.0 Å². The van der Waals surface area contributed by atoms with E-state index in [9.17, 15) is 9.59 Å². The molecule has 1 heterocycles. The lowest BCUT2D eigenvalue weighted by atomic mass is 10.1. The molecular weight excluding hydrogens is 380 g/mol. The van der Waals surface area contributed by atoms with Gasteiger partial charge in [0, 0.05) is 32.7 Å². The molecule has 30 heavy (non-hydrogen) atoms. The molecule has 2 aromatic rings. The van der Waals surface area contributed by atoms with Crippen molar-refractivity contribution in [3.8, 4) is 0 Å². The predicted molar refractivity (Wildman–Crippen MR) is 116 cm³/mol. The van der Waals surface area contributed by atoms with E-state index >= 15 is 0 Å². The molecule has 1 saturated heterocycles. The summed E-state index contributed by atoms with van der Waals surface area (Å²) < 4.78 is 4.66. The minimum atomic E-state index is -0.384. The first-order valence-electron chi connectivity index (χ1n) is 10.0. The standard InChI is InChI=1S/C23H28N4O3/c1-18-3-5-20(6-4-18)16-26-11-13-27(14-12-26)17-22(28)25-24-15-19-7-9-21(10-8-19)23(29)30-2/h3-10,15H,11-14,16-17H2,1-2H3,(H,25,28)/b24-15+. The van der Waals surface area contributed by atoms with Crippen LogP contribution in [0.2, 0.25) is 0 Å². The second kappa shape index (κ2) is 10.7. The number of benzene rings is 2. The number of carbonyl (C=O) groups is 2. The predicted octanol–water partition coefficient (Wildman–Crippen LogP) is 2.05. The van der Waals surface area contributed by atoms with Crippen LogP contribution in [0, 0.1) is 6.92 Å². The van der Waals surface area contributed by atoms with Crippen molar-refractivity contribution >= 4 is 18.1 Å². The van der Waals surface area contributed by atoms with Crippen molar-refractivity contribution in [2.45, 2.75) is 13.5 Å². The molecule has 0 atom stereocenters. The quantitative estimate of drug-likeness (QED) is 0.431. The largest absolute Gasteiger partial charge is 0.465 e. The minimum absolute atomic E-state index is 0.135. The van der Waals surface area contributed by atoms with Crippen molar-refractivity contribution in [3.05, 3.63) is 70.8 Å². The number of hydrogen-bond acceptors (Lipinski definition) is 6. The third kappa shape index (κ3) is 6.50. The van der Waals surface area contributed by atoms with Gasteiger partial charge < -0.3 is 4.74 Å². The number of hydrogen-bond donors (Lipinski definition) is 1. The lowest BCUT2D eigenvalue weighted by molar-refractivity contribution is -0.122. The SMILES string of the molecule is COC(=O)c1ccc(/C=N/NC(=O)CN2CCN(Cc3ccc(C)cc3)CC2)cc1. The van der Waals surface area contributed by atoms with Crippen LogP contribution in [-0.2, 0) is 16.1 Å². The van der Waals surface area contributed by atoms with E-state index < -0.39 is 0 Å². The van der Waals surface area contributed by atoms with Crippen molar-refractivity contribution < 1.29 is 14.3 Å². The zero-order valence-electron chi connectivity index (χ0n) is 17.5. The number of hydrazone groups is 1. The first-order valence-corrected chi connectivity index (χ1v) is 10.0. The molecule has 1 N–H and O–H groups in total. The summed E-state index contributed by atoms with van der Waals surface area (Å²) in [6.07, 6.45) is 1.55. The summed E-state index contributed by atoms with van der Waals surface area (Å²) >= 11 is 0. The molecule has 0 radical (unpaired) electrons. The Bertz CT molecular complexity index is 870. The van der Waals surface area contributed by atoms with E-state index in [-0.39, 0.29) is 11.9 Å². The molecule has 0 spiro atoms. The van der Waals surface area contributed by atoms with Gasteiger partial charge in [0.05, 0.1) is 25.4 Å². The van der Waals surface area contributed by atoms with E-state index in [0.29, 0.717) is 12.1 Å². The van der Waals surface area contributed by atoms with Gasteiger partial charge in [-0.2, -0.15) is 5.10 Å². The number of piperazine rings is 1. The lowest BCUT2D eigenvalue weighted by Crippen LogP contribution is -2.48. The highest BCUT2D eigenvalue weighted by atomic mass is 16.5. The van der Waals surface area contributed by atoms with Gasteiger partial charge in [0.15, 0.2) is 0 Å². The number of ether oxygens (including phenoxy) is 1. The molecule has 0 aliphatic carbocycles. The monoisotopic (exact) mass is 408 g/mol. The smallest absolute Gasteiger partial charge is 0.337 e. The summed E-state index contributed by atoms with van der Waals surface area (Å²) in [6.45, 7) is 6.97. The van der Waals surface area contributed by atoms with E-state index in [1.807, 2.05) is 0 Å². The van der Waals surface area contributed by atoms with E-state index in [4.69, 9.17) is 0 Å². The zero-order valence-corrected chi connectivity index (χ0v) is 17.5. The molecular formula is C23H28N4O3. The Labute approximate surface area is 177 Å². The fourth-order valence-corrected chi connectivity index (χ4v) is 3.30. The maximum atomic E-state index is 12.1. The van der Waals surface area contributed by atoms with Gasteiger partial charge in [-0.25, -0.2) is 10.2 Å². The van der Waals surface area contributed by atoms with E-state index in [1.165, 1.54) is 18.2 Å². The van der Waals surface area contributed by atoms with Crippen LogP contribution in [0.5, 0.6) is 0 Å². The highest BCUT2D eigenvalue weighted by Crippen LogP contribution is 2.10. The van der Waals surface area contributed by atoms with E-state index in [2.05, 4.69) is 56.3 Å². The fraction of sp³-hybridized carbons (Fsp3) is 0.348. The van der Waals surface area contributed by atoms with Crippen LogP contribution in [0.4, 0.5) is 0 Å². The maximum Gasteiger partial charge on any atom is 0.337 e. The molecule has 0 unspecified atom stereocenters. The third-order valence-corrected chi connectivity index (χ3v) is 5.09. The van der Waals surface area contributed by atoms with Gasteiger partial charge in [0.1, 0.15) is 0 Å². The van der Waals surface area contributed by atoms with Gasteiger partial charge in [-0.05, 0) is 30.2 Å². The number of rotatable bonds is 7. The van der Waals surface area contributed by atoms with Crippen LogP contribution in [-0.4, -0.2) is 67.7 Å². The van der Waals surface area contributed by atoms with Crippen LogP contribution in [0.15, 0.2) is 53.6 Å². The maximum absolute atomic E-state index is 12.1. The number of amides is 1. The van der Waals surface area contributed by atoms with Gasteiger partial charge in [0.25, 0.3) is 5.91 Å². The Morgan fingerprint density at radius 3 is 2.27 bits per heavy atom. The lowest BCUT2D eigenvalue weighted by Gasteiger charge is -2.34. The molecule has 0 aromatic heterocycles. The summed E-state index contributed by atoms with van der Waals surface area (Å²) in [5.41, 5.74) is 6.42. The average Bonchev–Trinajstić information content (AvgIpc) is 2.76. The van der Waals surface area contributed by atoms with Crippen molar-refractivity contribution in [2.75, 3.05) is 39.8 Å². The third-order valence-electron chi connectivity index (χ3n) is 5.09. The fourth-order valence-electron chi connectivity index (χ4n) is 3.30. The molecule has 7 heteroatoms. The molecule has 158 valence electrons. The number of nitrogens with zero attached hydrogens (tertiary/aromatic N) is 3. The number of methoxy groups -OCH3 is 1. The van der Waals surface area contributed by atoms with E-state index in [1.54, 1.807) is 30.5 Å². The topological polar surface area (TPSA) is 74.2 Å². The molecule has 2 aromatic carbocycles. The molecule has 1 aliphatic heterocycles. The Kier molecular flexibility index (Phi) is 7.70. The first kappa shape index (κ1) is 21.7. The van der Waals surface area contributed by atoms with Gasteiger partial charge in [-0.1, -0.05) is 42.0 Å². The van der Waals surface area contributed by atoms with Crippen molar-refractivity contribution in [2.24, 2.45) is 5.10 Å². The number of nitrogens with one attached hydrogen (secondary N) is 1. The molecule has 1 fully saturated rings. The molecule has 0 saturated carbocycles. The van der Waals surface area contributed by atoms with Crippen molar-refractivity contribution in [1.29, 1.82) is 0 Å². The summed E-state index contributed by atoms with van der Waals surface area (Å²) in [4.78, 5) is 28.1. The van der Waals surface area contributed by atoms with Gasteiger partial charge in [0.2, 0.25) is 0 Å².